The Hall–Kier alpha value is -0.850. The second-order valence-electron chi connectivity index (χ2n) is 4.49. The van der Waals surface area contributed by atoms with Gasteiger partial charge in [-0.15, -0.1) is 0 Å². The summed E-state index contributed by atoms with van der Waals surface area (Å²) >= 11 is 0. The van der Waals surface area contributed by atoms with Crippen LogP contribution in [0.3, 0.4) is 0 Å². The van der Waals surface area contributed by atoms with Crippen LogP contribution in [0.15, 0.2) is 0 Å². The largest absolute Gasteiger partial charge is 0.444 e. The zero-order chi connectivity index (χ0) is 11.6. The average molecular weight is 218 g/mol. The number of ether oxygens (including phenoxy) is 1. The van der Waals surface area contributed by atoms with Crippen molar-refractivity contribution >= 4 is 6.09 Å². The average Bonchev–Trinajstić information content (AvgIpc) is 2.06. The summed E-state index contributed by atoms with van der Waals surface area (Å²) in [4.78, 5) is 12.7. The van der Waals surface area contributed by atoms with Crippen molar-refractivity contribution in [1.29, 1.82) is 0 Å². The van der Waals surface area contributed by atoms with E-state index in [2.05, 4.69) is 5.32 Å². The Labute approximate surface area is 88.8 Å². The number of aliphatic hydroxyl groups excluding tert-OH is 2. The summed E-state index contributed by atoms with van der Waals surface area (Å²) in [6.07, 6.45) is -2.99. The van der Waals surface area contributed by atoms with Gasteiger partial charge in [0.1, 0.15) is 11.8 Å². The lowest BCUT2D eigenvalue weighted by Crippen LogP contribution is -2.60. The predicted octanol–water partition coefficient (Wildman–Crippen LogP) is -0.537. The maximum atomic E-state index is 11.6. The van der Waals surface area contributed by atoms with Crippen LogP contribution in [0.4, 0.5) is 4.79 Å². The third-order valence-corrected chi connectivity index (χ3v) is 1.94. The van der Waals surface area contributed by atoms with Gasteiger partial charge in [0, 0.05) is 13.1 Å². The number of piperazine rings is 1. The fraction of sp³-hybridized carbons (Fsp3) is 0.889. The first-order valence-corrected chi connectivity index (χ1v) is 4.90. The SMILES string of the molecule is CC(C)(C)OC(=O)N1CCNC(O)C1O. The van der Waals surface area contributed by atoms with Gasteiger partial charge in [-0.3, -0.25) is 10.2 Å². The molecule has 15 heavy (non-hydrogen) atoms. The Balaban J connectivity index is 2.59. The molecule has 2 atom stereocenters. The summed E-state index contributed by atoms with van der Waals surface area (Å²) in [6, 6.07) is 0. The van der Waals surface area contributed by atoms with Crippen LogP contribution in [0.25, 0.3) is 0 Å². The van der Waals surface area contributed by atoms with E-state index in [4.69, 9.17) is 4.74 Å². The normalized spacial score (nSPS) is 27.7. The van der Waals surface area contributed by atoms with Crippen LogP contribution in [0.1, 0.15) is 20.8 Å². The van der Waals surface area contributed by atoms with Crippen LogP contribution in [0.5, 0.6) is 0 Å². The molecule has 3 N–H and O–H groups in total. The van der Waals surface area contributed by atoms with Crippen molar-refractivity contribution in [3.05, 3.63) is 0 Å². The Bertz CT molecular complexity index is 239. The summed E-state index contributed by atoms with van der Waals surface area (Å²) in [5.74, 6) is 0. The predicted molar refractivity (Wildman–Crippen MR) is 53.0 cm³/mol. The van der Waals surface area contributed by atoms with Gasteiger partial charge in [-0.2, -0.15) is 0 Å². The van der Waals surface area contributed by atoms with Crippen molar-refractivity contribution in [1.82, 2.24) is 10.2 Å². The van der Waals surface area contributed by atoms with Crippen LogP contribution in [0.2, 0.25) is 0 Å². The zero-order valence-electron chi connectivity index (χ0n) is 9.23. The van der Waals surface area contributed by atoms with Gasteiger partial charge in [0.25, 0.3) is 0 Å². The monoisotopic (exact) mass is 218 g/mol. The summed E-state index contributed by atoms with van der Waals surface area (Å²) in [5.41, 5.74) is -0.605. The quantitative estimate of drug-likeness (QED) is 0.509. The van der Waals surface area contributed by atoms with Gasteiger partial charge in [-0.1, -0.05) is 0 Å². The number of carbonyl (C=O) groups is 1. The van der Waals surface area contributed by atoms with Gasteiger partial charge < -0.3 is 14.9 Å². The highest BCUT2D eigenvalue weighted by Gasteiger charge is 2.33. The third-order valence-electron chi connectivity index (χ3n) is 1.94. The van der Waals surface area contributed by atoms with Gasteiger partial charge in [-0.05, 0) is 20.8 Å². The lowest BCUT2D eigenvalue weighted by Gasteiger charge is -2.36. The Morgan fingerprint density at radius 1 is 1.47 bits per heavy atom. The first-order chi connectivity index (χ1) is 6.81. The standard InChI is InChI=1S/C9H18N2O4/c1-9(2,3)15-8(14)11-5-4-10-6(12)7(11)13/h6-7,10,12-13H,4-5H2,1-3H3. The number of nitrogens with zero attached hydrogens (tertiary/aromatic N) is 1. The summed E-state index contributed by atoms with van der Waals surface area (Å²) in [7, 11) is 0. The molecule has 0 saturated carbocycles. The van der Waals surface area contributed by atoms with E-state index < -0.39 is 24.2 Å². The van der Waals surface area contributed by atoms with E-state index in [0.29, 0.717) is 13.1 Å². The van der Waals surface area contributed by atoms with Crippen molar-refractivity contribution in [2.45, 2.75) is 38.8 Å². The fourth-order valence-electron chi connectivity index (χ4n) is 1.26. The molecule has 1 heterocycles. The first kappa shape index (κ1) is 12.2. The Morgan fingerprint density at radius 2 is 2.07 bits per heavy atom. The molecule has 1 saturated heterocycles. The molecule has 1 aliphatic heterocycles. The van der Waals surface area contributed by atoms with Crippen LogP contribution in [0, 0.1) is 0 Å². The molecule has 0 aromatic carbocycles. The molecular weight excluding hydrogens is 200 g/mol. The van der Waals surface area contributed by atoms with Crippen molar-refractivity contribution in [3.8, 4) is 0 Å². The maximum Gasteiger partial charge on any atom is 0.412 e. The van der Waals surface area contributed by atoms with Gasteiger partial charge in [0.15, 0.2) is 6.23 Å². The molecule has 6 heteroatoms. The molecule has 88 valence electrons. The summed E-state index contributed by atoms with van der Waals surface area (Å²) < 4.78 is 5.08. The highest BCUT2D eigenvalue weighted by Crippen LogP contribution is 2.13. The molecule has 0 bridgehead atoms. The van der Waals surface area contributed by atoms with E-state index in [1.54, 1.807) is 20.8 Å². The number of carbonyl (C=O) groups excluding carboxylic acids is 1. The van der Waals surface area contributed by atoms with Crippen LogP contribution >= 0.6 is 0 Å². The smallest absolute Gasteiger partial charge is 0.412 e. The Morgan fingerprint density at radius 3 is 2.60 bits per heavy atom. The van der Waals surface area contributed by atoms with Crippen molar-refractivity contribution < 1.29 is 19.7 Å². The van der Waals surface area contributed by atoms with Crippen LogP contribution < -0.4 is 5.32 Å². The minimum absolute atomic E-state index is 0.313. The molecule has 0 aliphatic carbocycles. The van der Waals surface area contributed by atoms with E-state index in [1.165, 1.54) is 0 Å². The summed E-state index contributed by atoms with van der Waals surface area (Å²) in [5, 5.41) is 21.4. The van der Waals surface area contributed by atoms with Gasteiger partial charge in [0.2, 0.25) is 0 Å². The molecule has 1 rings (SSSR count). The number of aliphatic hydroxyl groups is 2. The van der Waals surface area contributed by atoms with Gasteiger partial charge in [0.05, 0.1) is 0 Å². The highest BCUT2D eigenvalue weighted by atomic mass is 16.6. The molecule has 2 unspecified atom stereocenters. The number of amides is 1. The minimum atomic E-state index is -1.26. The van der Waals surface area contributed by atoms with E-state index in [0.717, 1.165) is 4.90 Å². The molecule has 0 aromatic rings. The highest BCUT2D eigenvalue weighted by molar-refractivity contribution is 5.68. The number of nitrogens with one attached hydrogen (secondary N) is 1. The molecule has 1 amide bonds. The molecule has 0 spiro atoms. The van der Waals surface area contributed by atoms with Crippen molar-refractivity contribution in [2.24, 2.45) is 0 Å². The molecule has 1 fully saturated rings. The topological polar surface area (TPSA) is 82.0 Å². The molecule has 1 aliphatic rings. The second-order valence-corrected chi connectivity index (χ2v) is 4.49. The lowest BCUT2D eigenvalue weighted by atomic mass is 10.2. The van der Waals surface area contributed by atoms with E-state index in [1.807, 2.05) is 0 Å². The lowest BCUT2D eigenvalue weighted by molar-refractivity contribution is -0.114. The third kappa shape index (κ3) is 3.33. The fourth-order valence-corrected chi connectivity index (χ4v) is 1.26. The molecular formula is C9H18N2O4. The first-order valence-electron chi connectivity index (χ1n) is 4.90. The van der Waals surface area contributed by atoms with Crippen molar-refractivity contribution in [3.63, 3.8) is 0 Å². The number of hydrogen-bond donors (Lipinski definition) is 3. The summed E-state index contributed by atoms with van der Waals surface area (Å²) in [6.45, 7) is 5.98. The van der Waals surface area contributed by atoms with Crippen molar-refractivity contribution in [2.75, 3.05) is 13.1 Å². The van der Waals surface area contributed by atoms with Crippen LogP contribution in [-0.4, -0.2) is 52.4 Å². The molecule has 0 radical (unpaired) electrons. The second kappa shape index (κ2) is 4.34. The number of rotatable bonds is 0. The minimum Gasteiger partial charge on any atom is -0.444 e. The van der Waals surface area contributed by atoms with E-state index >= 15 is 0 Å². The van der Waals surface area contributed by atoms with Crippen LogP contribution in [-0.2, 0) is 4.74 Å². The molecule has 6 nitrogen and oxygen atoms in total. The maximum absolute atomic E-state index is 11.6. The number of hydrogen-bond acceptors (Lipinski definition) is 5. The van der Waals surface area contributed by atoms with Gasteiger partial charge >= 0.3 is 6.09 Å². The Kier molecular flexibility index (Phi) is 3.54. The molecule has 0 aromatic heterocycles. The van der Waals surface area contributed by atoms with E-state index in [-0.39, 0.29) is 0 Å². The van der Waals surface area contributed by atoms with E-state index in [9.17, 15) is 15.0 Å². The van der Waals surface area contributed by atoms with Gasteiger partial charge in [-0.25, -0.2) is 4.79 Å². The zero-order valence-corrected chi connectivity index (χ0v) is 9.23.